The Labute approximate surface area is 120 Å². The molecule has 2 fully saturated rings. The standard InChI is InChI=1S/C17H34N2/c1-4-18-16(15-11-7-5-6-8-12-15)17(2,3)19-13-9-10-14-19/h15-16,18H,4-14H2,1-3H3. The maximum atomic E-state index is 3.86. The van der Waals surface area contributed by atoms with E-state index in [0.717, 1.165) is 12.5 Å². The Hall–Kier alpha value is -0.0800. The Kier molecular flexibility index (Phi) is 5.70. The molecule has 0 aromatic rings. The molecule has 0 aromatic carbocycles. The summed E-state index contributed by atoms with van der Waals surface area (Å²) in [5.74, 6) is 0.887. The maximum Gasteiger partial charge on any atom is 0.0308 e. The normalized spacial score (nSPS) is 25.4. The zero-order chi connectivity index (χ0) is 13.7. The monoisotopic (exact) mass is 266 g/mol. The van der Waals surface area contributed by atoms with Gasteiger partial charge in [-0.25, -0.2) is 0 Å². The van der Waals surface area contributed by atoms with Gasteiger partial charge in [-0.15, -0.1) is 0 Å². The summed E-state index contributed by atoms with van der Waals surface area (Å²) >= 11 is 0. The van der Waals surface area contributed by atoms with E-state index in [4.69, 9.17) is 0 Å². The van der Waals surface area contributed by atoms with Crippen LogP contribution in [0.15, 0.2) is 0 Å². The third-order valence-corrected chi connectivity index (χ3v) is 5.48. The SMILES string of the molecule is CCNC(C1CCCCCC1)C(C)(C)N1CCCC1. The van der Waals surface area contributed by atoms with E-state index in [-0.39, 0.29) is 0 Å². The second-order valence-corrected chi connectivity index (χ2v) is 7.13. The highest BCUT2D eigenvalue weighted by Crippen LogP contribution is 2.34. The molecule has 1 unspecified atom stereocenters. The molecule has 19 heavy (non-hydrogen) atoms. The zero-order valence-electron chi connectivity index (χ0n) is 13.4. The fourth-order valence-corrected chi connectivity index (χ4v) is 4.35. The Morgan fingerprint density at radius 3 is 2.11 bits per heavy atom. The molecule has 1 heterocycles. The number of hydrogen-bond donors (Lipinski definition) is 1. The van der Waals surface area contributed by atoms with E-state index >= 15 is 0 Å². The Bertz CT molecular complexity index is 248. The Morgan fingerprint density at radius 2 is 1.58 bits per heavy atom. The van der Waals surface area contributed by atoms with Crippen molar-refractivity contribution in [1.29, 1.82) is 0 Å². The third-order valence-electron chi connectivity index (χ3n) is 5.48. The van der Waals surface area contributed by atoms with Crippen molar-refractivity contribution < 1.29 is 0 Å². The zero-order valence-corrected chi connectivity index (χ0v) is 13.4. The van der Waals surface area contributed by atoms with Crippen molar-refractivity contribution >= 4 is 0 Å². The molecule has 0 radical (unpaired) electrons. The number of hydrogen-bond acceptors (Lipinski definition) is 2. The lowest BCUT2D eigenvalue weighted by molar-refractivity contribution is 0.0731. The fraction of sp³-hybridized carbons (Fsp3) is 1.00. The van der Waals surface area contributed by atoms with Gasteiger partial charge in [-0.05, 0) is 65.1 Å². The molecule has 2 aliphatic rings. The lowest BCUT2D eigenvalue weighted by Gasteiger charge is -2.46. The molecule has 1 atom stereocenters. The molecule has 112 valence electrons. The summed E-state index contributed by atoms with van der Waals surface area (Å²) < 4.78 is 0. The van der Waals surface area contributed by atoms with Crippen molar-refractivity contribution in [2.24, 2.45) is 5.92 Å². The largest absolute Gasteiger partial charge is 0.312 e. The smallest absolute Gasteiger partial charge is 0.0308 e. The topological polar surface area (TPSA) is 15.3 Å². The van der Waals surface area contributed by atoms with Gasteiger partial charge in [-0.1, -0.05) is 32.6 Å². The quantitative estimate of drug-likeness (QED) is 0.761. The third kappa shape index (κ3) is 3.72. The lowest BCUT2D eigenvalue weighted by atomic mass is 9.79. The minimum absolute atomic E-state index is 0.321. The van der Waals surface area contributed by atoms with E-state index in [1.165, 1.54) is 64.5 Å². The predicted molar refractivity (Wildman–Crippen MR) is 83.5 cm³/mol. The number of nitrogens with one attached hydrogen (secondary N) is 1. The number of nitrogens with zero attached hydrogens (tertiary/aromatic N) is 1. The number of likely N-dealkylation sites (N-methyl/N-ethyl adjacent to an activating group) is 1. The van der Waals surface area contributed by atoms with E-state index in [2.05, 4.69) is 31.0 Å². The number of likely N-dealkylation sites (tertiary alicyclic amines) is 1. The van der Waals surface area contributed by atoms with Gasteiger partial charge >= 0.3 is 0 Å². The first-order chi connectivity index (χ1) is 9.16. The minimum Gasteiger partial charge on any atom is -0.312 e. The van der Waals surface area contributed by atoms with Crippen LogP contribution in [-0.2, 0) is 0 Å². The van der Waals surface area contributed by atoms with Gasteiger partial charge < -0.3 is 5.32 Å². The van der Waals surface area contributed by atoms with Crippen molar-refractivity contribution in [3.63, 3.8) is 0 Å². The molecule has 2 nitrogen and oxygen atoms in total. The van der Waals surface area contributed by atoms with Crippen molar-refractivity contribution in [2.45, 2.75) is 83.7 Å². The van der Waals surface area contributed by atoms with Crippen LogP contribution in [0.4, 0.5) is 0 Å². The van der Waals surface area contributed by atoms with Gasteiger partial charge in [0.2, 0.25) is 0 Å². The maximum absolute atomic E-state index is 3.86. The van der Waals surface area contributed by atoms with Crippen LogP contribution in [0.2, 0.25) is 0 Å². The molecule has 2 heteroatoms. The summed E-state index contributed by atoms with van der Waals surface area (Å²) in [6, 6.07) is 0.675. The molecule has 1 saturated carbocycles. The van der Waals surface area contributed by atoms with Crippen LogP contribution < -0.4 is 5.32 Å². The van der Waals surface area contributed by atoms with E-state index in [0.29, 0.717) is 11.6 Å². The molecule has 0 bridgehead atoms. The minimum atomic E-state index is 0.321. The van der Waals surface area contributed by atoms with Crippen molar-refractivity contribution in [2.75, 3.05) is 19.6 Å². The van der Waals surface area contributed by atoms with Crippen molar-refractivity contribution in [1.82, 2.24) is 10.2 Å². The highest BCUT2D eigenvalue weighted by molar-refractivity contribution is 4.98. The summed E-state index contributed by atoms with van der Waals surface area (Å²) in [6.45, 7) is 11.0. The summed E-state index contributed by atoms with van der Waals surface area (Å²) in [5, 5.41) is 3.86. The summed E-state index contributed by atoms with van der Waals surface area (Å²) in [4.78, 5) is 2.74. The first-order valence-electron chi connectivity index (χ1n) is 8.64. The van der Waals surface area contributed by atoms with Crippen LogP contribution in [0.5, 0.6) is 0 Å². The molecule has 0 aromatic heterocycles. The van der Waals surface area contributed by atoms with Crippen LogP contribution in [0.25, 0.3) is 0 Å². The average Bonchev–Trinajstić information content (AvgIpc) is 2.81. The fourth-order valence-electron chi connectivity index (χ4n) is 4.35. The van der Waals surface area contributed by atoms with Crippen LogP contribution in [-0.4, -0.2) is 36.1 Å². The van der Waals surface area contributed by atoms with Gasteiger partial charge in [0.25, 0.3) is 0 Å². The summed E-state index contributed by atoms with van der Waals surface area (Å²) in [6.07, 6.45) is 11.5. The van der Waals surface area contributed by atoms with Gasteiger partial charge in [-0.2, -0.15) is 0 Å². The molecular weight excluding hydrogens is 232 g/mol. The van der Waals surface area contributed by atoms with E-state index in [1.54, 1.807) is 0 Å². The van der Waals surface area contributed by atoms with E-state index < -0.39 is 0 Å². The van der Waals surface area contributed by atoms with Crippen LogP contribution in [0.3, 0.4) is 0 Å². The first-order valence-corrected chi connectivity index (χ1v) is 8.64. The van der Waals surface area contributed by atoms with Crippen molar-refractivity contribution in [3.8, 4) is 0 Å². The molecule has 1 aliphatic carbocycles. The Morgan fingerprint density at radius 1 is 1.00 bits per heavy atom. The van der Waals surface area contributed by atoms with Crippen LogP contribution in [0, 0.1) is 5.92 Å². The van der Waals surface area contributed by atoms with Crippen molar-refractivity contribution in [3.05, 3.63) is 0 Å². The molecule has 2 rings (SSSR count). The molecular formula is C17H34N2. The highest BCUT2D eigenvalue weighted by Gasteiger charge is 2.40. The Balaban J connectivity index is 2.07. The summed E-state index contributed by atoms with van der Waals surface area (Å²) in [7, 11) is 0. The number of rotatable bonds is 5. The second-order valence-electron chi connectivity index (χ2n) is 7.13. The van der Waals surface area contributed by atoms with E-state index in [1.807, 2.05) is 0 Å². The van der Waals surface area contributed by atoms with Crippen LogP contribution >= 0.6 is 0 Å². The molecule has 1 aliphatic heterocycles. The second kappa shape index (κ2) is 7.08. The van der Waals surface area contributed by atoms with Gasteiger partial charge in [0.15, 0.2) is 0 Å². The average molecular weight is 266 g/mol. The molecule has 1 saturated heterocycles. The molecule has 1 N–H and O–H groups in total. The van der Waals surface area contributed by atoms with Gasteiger partial charge in [0, 0.05) is 11.6 Å². The predicted octanol–water partition coefficient (Wildman–Crippen LogP) is 3.81. The highest BCUT2D eigenvalue weighted by atomic mass is 15.2. The first kappa shape index (κ1) is 15.3. The summed E-state index contributed by atoms with van der Waals surface area (Å²) in [5.41, 5.74) is 0.321. The molecule has 0 amide bonds. The lowest BCUT2D eigenvalue weighted by Crippen LogP contribution is -2.59. The van der Waals surface area contributed by atoms with Gasteiger partial charge in [0.1, 0.15) is 0 Å². The van der Waals surface area contributed by atoms with Gasteiger partial charge in [-0.3, -0.25) is 4.90 Å². The van der Waals surface area contributed by atoms with E-state index in [9.17, 15) is 0 Å². The van der Waals surface area contributed by atoms with Gasteiger partial charge in [0.05, 0.1) is 0 Å². The van der Waals surface area contributed by atoms with Crippen LogP contribution in [0.1, 0.15) is 72.1 Å². The molecule has 0 spiro atoms.